The van der Waals surface area contributed by atoms with Gasteiger partial charge in [0, 0.05) is 0 Å². The molecule has 0 aromatic rings. The zero-order valence-electron chi connectivity index (χ0n) is 7.79. The predicted octanol–water partition coefficient (Wildman–Crippen LogP) is 0.911. The van der Waals surface area contributed by atoms with E-state index in [1.54, 1.807) is 6.08 Å². The first kappa shape index (κ1) is 14.0. The molecule has 2 aliphatic rings. The number of allylic oxidation sites excluding steroid dienone is 3. The highest BCUT2D eigenvalue weighted by molar-refractivity contribution is 6.21. The lowest BCUT2D eigenvalue weighted by Gasteiger charge is -2.16. The van der Waals surface area contributed by atoms with Crippen LogP contribution in [0.3, 0.4) is 0 Å². The zero-order valence-corrected chi connectivity index (χ0v) is 9.42. The van der Waals surface area contributed by atoms with Crippen molar-refractivity contribution in [3.8, 4) is 0 Å². The Morgan fingerprint density at radius 3 is 2.67 bits per heavy atom. The van der Waals surface area contributed by atoms with E-state index in [2.05, 4.69) is 9.98 Å². The number of aliphatic imine (C=N–C) groups is 2. The van der Waals surface area contributed by atoms with Crippen molar-refractivity contribution in [2.24, 2.45) is 21.6 Å². The highest BCUT2D eigenvalue weighted by atomic mass is 35.5. The van der Waals surface area contributed by atoms with Gasteiger partial charge in [-0.25, -0.2) is 4.99 Å². The lowest BCUT2D eigenvalue weighted by atomic mass is 9.97. The summed E-state index contributed by atoms with van der Waals surface area (Å²) >= 11 is 0. The van der Waals surface area contributed by atoms with Gasteiger partial charge in [0.2, 0.25) is 0 Å². The maximum Gasteiger partial charge on any atom is 0.260 e. The molecule has 0 radical (unpaired) electrons. The van der Waals surface area contributed by atoms with Gasteiger partial charge < -0.3 is 5.73 Å². The van der Waals surface area contributed by atoms with E-state index in [9.17, 15) is 4.79 Å². The van der Waals surface area contributed by atoms with Gasteiger partial charge in [-0.1, -0.05) is 18.2 Å². The van der Waals surface area contributed by atoms with Crippen molar-refractivity contribution in [3.05, 3.63) is 24.3 Å². The summed E-state index contributed by atoms with van der Waals surface area (Å²) in [4.78, 5) is 19.3. The summed E-state index contributed by atoms with van der Waals surface area (Å²) in [5.41, 5.74) is 6.09. The normalized spacial score (nSPS) is 21.9. The van der Waals surface area contributed by atoms with E-state index in [4.69, 9.17) is 5.73 Å². The minimum absolute atomic E-state index is 0. The lowest BCUT2D eigenvalue weighted by Crippen LogP contribution is -2.29. The van der Waals surface area contributed by atoms with Crippen LogP contribution in [0, 0.1) is 5.92 Å². The number of halogens is 2. The maximum absolute atomic E-state index is 11.4. The number of fused-ring (bicyclic) bond motifs is 1. The van der Waals surface area contributed by atoms with Crippen LogP contribution >= 0.6 is 24.8 Å². The van der Waals surface area contributed by atoms with Gasteiger partial charge in [-0.2, -0.15) is 4.99 Å². The summed E-state index contributed by atoms with van der Waals surface area (Å²) in [5.74, 6) is -0.0532. The van der Waals surface area contributed by atoms with Gasteiger partial charge in [-0.15, -0.1) is 24.8 Å². The van der Waals surface area contributed by atoms with Crippen molar-refractivity contribution in [2.75, 3.05) is 6.54 Å². The largest absolute Gasteiger partial charge is 0.324 e. The molecule has 1 amide bonds. The fourth-order valence-corrected chi connectivity index (χ4v) is 1.31. The molecule has 0 fully saturated rings. The van der Waals surface area contributed by atoms with E-state index in [0.717, 1.165) is 5.71 Å². The van der Waals surface area contributed by atoms with E-state index in [1.165, 1.54) is 0 Å². The van der Waals surface area contributed by atoms with Crippen LogP contribution in [0.5, 0.6) is 0 Å². The van der Waals surface area contributed by atoms with Crippen molar-refractivity contribution >= 4 is 42.3 Å². The smallest absolute Gasteiger partial charge is 0.260 e. The molecular formula is C9H11Cl2N3O. The fraction of sp³-hybridized carbons (Fsp3) is 0.222. The van der Waals surface area contributed by atoms with Crippen molar-refractivity contribution in [1.82, 2.24) is 0 Å². The standard InChI is InChI=1S/C9H9N3O.2ClH/c10-5-8-11-7-4-2-1-3-6(7)9(13)12-8;;/h1-4,6H,5,10H2;2*1H. The number of amidine groups is 1. The highest BCUT2D eigenvalue weighted by Gasteiger charge is 2.25. The zero-order chi connectivity index (χ0) is 9.26. The third kappa shape index (κ3) is 2.75. The SMILES string of the molecule is Cl.Cl.NCC1=NC(=O)C2C=CC=CC2=N1. The Morgan fingerprint density at radius 1 is 1.27 bits per heavy atom. The minimum atomic E-state index is -0.291. The Morgan fingerprint density at radius 2 is 2.00 bits per heavy atom. The molecule has 0 saturated carbocycles. The molecular weight excluding hydrogens is 237 g/mol. The lowest BCUT2D eigenvalue weighted by molar-refractivity contribution is -0.118. The molecule has 0 spiro atoms. The quantitative estimate of drug-likeness (QED) is 0.749. The highest BCUT2D eigenvalue weighted by Crippen LogP contribution is 2.15. The number of hydrogen-bond donors (Lipinski definition) is 1. The molecule has 4 nitrogen and oxygen atoms in total. The van der Waals surface area contributed by atoms with Crippen LogP contribution in [-0.2, 0) is 4.79 Å². The molecule has 1 heterocycles. The Kier molecular flexibility index (Phi) is 5.43. The van der Waals surface area contributed by atoms with Crippen molar-refractivity contribution in [1.29, 1.82) is 0 Å². The van der Waals surface area contributed by atoms with E-state index >= 15 is 0 Å². The first-order valence-corrected chi connectivity index (χ1v) is 4.06. The second-order valence-corrected chi connectivity index (χ2v) is 2.83. The molecule has 82 valence electrons. The van der Waals surface area contributed by atoms with Gasteiger partial charge in [-0.05, 0) is 6.08 Å². The van der Waals surface area contributed by atoms with E-state index < -0.39 is 0 Å². The summed E-state index contributed by atoms with van der Waals surface area (Å²) in [6.07, 6.45) is 7.28. The summed E-state index contributed by atoms with van der Waals surface area (Å²) in [5, 5.41) is 0. The summed E-state index contributed by atoms with van der Waals surface area (Å²) in [6, 6.07) is 0. The third-order valence-electron chi connectivity index (χ3n) is 1.95. The average Bonchev–Trinajstić information content (AvgIpc) is 2.18. The van der Waals surface area contributed by atoms with Crippen LogP contribution in [0.1, 0.15) is 0 Å². The first-order valence-electron chi connectivity index (χ1n) is 4.06. The molecule has 0 saturated heterocycles. The number of nitrogens with two attached hydrogens (primary N) is 1. The maximum atomic E-state index is 11.4. The number of carbonyl (C=O) groups is 1. The second-order valence-electron chi connectivity index (χ2n) is 2.83. The number of amides is 1. The van der Waals surface area contributed by atoms with E-state index in [1.807, 2.05) is 18.2 Å². The topological polar surface area (TPSA) is 67.8 Å². The Bertz CT molecular complexity index is 372. The summed E-state index contributed by atoms with van der Waals surface area (Å²) in [7, 11) is 0. The van der Waals surface area contributed by atoms with Crippen LogP contribution < -0.4 is 5.73 Å². The first-order chi connectivity index (χ1) is 6.31. The van der Waals surface area contributed by atoms with E-state index in [0.29, 0.717) is 5.84 Å². The molecule has 0 bridgehead atoms. The molecule has 1 aliphatic heterocycles. The van der Waals surface area contributed by atoms with Gasteiger partial charge in [0.05, 0.1) is 12.3 Å². The fourth-order valence-electron chi connectivity index (χ4n) is 1.31. The summed E-state index contributed by atoms with van der Waals surface area (Å²) in [6.45, 7) is 0.208. The third-order valence-corrected chi connectivity index (χ3v) is 1.95. The Labute approximate surface area is 99.9 Å². The number of hydrogen-bond acceptors (Lipinski definition) is 3. The van der Waals surface area contributed by atoms with Crippen LogP contribution in [0.25, 0.3) is 0 Å². The molecule has 0 aromatic carbocycles. The van der Waals surface area contributed by atoms with Crippen LogP contribution in [0.4, 0.5) is 0 Å². The van der Waals surface area contributed by atoms with Crippen LogP contribution in [0.15, 0.2) is 34.3 Å². The molecule has 2 N–H and O–H groups in total. The number of carbonyl (C=O) groups excluding carboxylic acids is 1. The average molecular weight is 248 g/mol. The van der Waals surface area contributed by atoms with Crippen molar-refractivity contribution in [3.63, 3.8) is 0 Å². The predicted molar refractivity (Wildman–Crippen MR) is 65.2 cm³/mol. The second kappa shape index (κ2) is 5.80. The van der Waals surface area contributed by atoms with Gasteiger partial charge >= 0.3 is 0 Å². The molecule has 1 unspecified atom stereocenters. The van der Waals surface area contributed by atoms with Gasteiger partial charge in [0.25, 0.3) is 5.91 Å². The Balaban J connectivity index is 0.000000980. The van der Waals surface area contributed by atoms with Crippen molar-refractivity contribution < 1.29 is 4.79 Å². The van der Waals surface area contributed by atoms with E-state index in [-0.39, 0.29) is 43.2 Å². The van der Waals surface area contributed by atoms with Gasteiger partial charge in [0.1, 0.15) is 11.8 Å². The summed E-state index contributed by atoms with van der Waals surface area (Å²) < 4.78 is 0. The Hall–Kier alpha value is -0.970. The van der Waals surface area contributed by atoms with Crippen molar-refractivity contribution in [2.45, 2.75) is 0 Å². The monoisotopic (exact) mass is 247 g/mol. The number of rotatable bonds is 1. The molecule has 0 aromatic heterocycles. The van der Waals surface area contributed by atoms with Crippen LogP contribution in [0.2, 0.25) is 0 Å². The molecule has 15 heavy (non-hydrogen) atoms. The minimum Gasteiger partial charge on any atom is -0.324 e. The molecule has 1 aliphatic carbocycles. The number of nitrogens with zero attached hydrogens (tertiary/aromatic N) is 2. The molecule has 6 heteroatoms. The van der Waals surface area contributed by atoms with Gasteiger partial charge in [0.15, 0.2) is 0 Å². The molecule has 1 atom stereocenters. The molecule has 2 rings (SSSR count). The van der Waals surface area contributed by atoms with Gasteiger partial charge in [-0.3, -0.25) is 4.79 Å². The van der Waals surface area contributed by atoms with Crippen LogP contribution in [-0.4, -0.2) is 24.0 Å².